The van der Waals surface area contributed by atoms with Crippen molar-refractivity contribution in [2.75, 3.05) is 18.4 Å². The van der Waals surface area contributed by atoms with Crippen LogP contribution in [0.5, 0.6) is 0 Å². The number of aromatic nitrogens is 2. The van der Waals surface area contributed by atoms with Gasteiger partial charge in [0.15, 0.2) is 0 Å². The van der Waals surface area contributed by atoms with Crippen molar-refractivity contribution >= 4 is 11.6 Å². The van der Waals surface area contributed by atoms with Gasteiger partial charge in [-0.3, -0.25) is 9.69 Å². The SMILES string of the molecule is CC(=O)Nc1ccc(CN2CCC(c3nnc(C(C)(C)C)o3)C2)cc1. The molecule has 134 valence electrons. The van der Waals surface area contributed by atoms with Crippen molar-refractivity contribution in [2.45, 2.75) is 52.0 Å². The second kappa shape index (κ2) is 6.96. The summed E-state index contributed by atoms with van der Waals surface area (Å²) < 4.78 is 5.89. The molecular weight excluding hydrogens is 316 g/mol. The van der Waals surface area contributed by atoms with Crippen LogP contribution in [0.1, 0.15) is 57.4 Å². The molecule has 0 radical (unpaired) electrons. The zero-order valence-electron chi connectivity index (χ0n) is 15.4. The number of rotatable bonds is 4. The van der Waals surface area contributed by atoms with Gasteiger partial charge in [0.05, 0.1) is 5.92 Å². The van der Waals surface area contributed by atoms with Gasteiger partial charge < -0.3 is 9.73 Å². The Morgan fingerprint density at radius 2 is 2.00 bits per heavy atom. The number of nitrogens with zero attached hydrogens (tertiary/aromatic N) is 3. The topological polar surface area (TPSA) is 71.3 Å². The summed E-state index contributed by atoms with van der Waals surface area (Å²) in [5.74, 6) is 1.72. The molecule has 2 heterocycles. The molecule has 25 heavy (non-hydrogen) atoms. The number of hydrogen-bond acceptors (Lipinski definition) is 5. The molecule has 1 unspecified atom stereocenters. The Labute approximate surface area is 148 Å². The molecule has 0 spiro atoms. The van der Waals surface area contributed by atoms with Crippen LogP contribution in [0.25, 0.3) is 0 Å². The zero-order valence-corrected chi connectivity index (χ0v) is 15.4. The molecule has 0 saturated carbocycles. The van der Waals surface area contributed by atoms with Crippen LogP contribution in [-0.4, -0.2) is 34.1 Å². The molecule has 6 nitrogen and oxygen atoms in total. The van der Waals surface area contributed by atoms with Gasteiger partial charge in [0, 0.05) is 31.1 Å². The van der Waals surface area contributed by atoms with E-state index in [0.29, 0.717) is 11.8 Å². The van der Waals surface area contributed by atoms with E-state index in [1.165, 1.54) is 12.5 Å². The third kappa shape index (κ3) is 4.45. The van der Waals surface area contributed by atoms with Crippen LogP contribution >= 0.6 is 0 Å². The summed E-state index contributed by atoms with van der Waals surface area (Å²) in [6.07, 6.45) is 1.04. The minimum atomic E-state index is -0.112. The molecule has 6 heteroatoms. The Hall–Kier alpha value is -2.21. The van der Waals surface area contributed by atoms with Gasteiger partial charge in [0.1, 0.15) is 0 Å². The predicted octanol–water partition coefficient (Wildman–Crippen LogP) is 3.32. The molecule has 1 saturated heterocycles. The average molecular weight is 342 g/mol. The highest BCUT2D eigenvalue weighted by molar-refractivity contribution is 5.88. The molecule has 1 atom stereocenters. The maximum atomic E-state index is 11.1. The van der Waals surface area contributed by atoms with Gasteiger partial charge >= 0.3 is 0 Å². The van der Waals surface area contributed by atoms with Gasteiger partial charge in [-0.05, 0) is 30.7 Å². The number of nitrogens with one attached hydrogen (secondary N) is 1. The van der Waals surface area contributed by atoms with E-state index in [1.807, 2.05) is 12.1 Å². The van der Waals surface area contributed by atoms with Gasteiger partial charge in [0.2, 0.25) is 17.7 Å². The van der Waals surface area contributed by atoms with E-state index in [9.17, 15) is 4.79 Å². The molecule has 1 aliphatic rings. The second-order valence-electron chi connectivity index (χ2n) is 7.79. The van der Waals surface area contributed by atoms with Crippen LogP contribution < -0.4 is 5.32 Å². The standard InChI is InChI=1S/C19H26N4O2/c1-13(24)20-16-7-5-14(6-8-16)11-23-10-9-15(12-23)17-21-22-18(25-17)19(2,3)4/h5-8,15H,9-12H2,1-4H3,(H,20,24). The molecular formula is C19H26N4O2. The predicted molar refractivity (Wildman–Crippen MR) is 96.4 cm³/mol. The molecule has 1 aromatic heterocycles. The molecule has 2 aromatic rings. The minimum absolute atomic E-state index is 0.0516. The molecule has 1 aromatic carbocycles. The van der Waals surface area contributed by atoms with E-state index in [1.54, 1.807) is 0 Å². The number of carbonyl (C=O) groups excluding carboxylic acids is 1. The monoisotopic (exact) mass is 342 g/mol. The lowest BCUT2D eigenvalue weighted by Gasteiger charge is -2.15. The maximum Gasteiger partial charge on any atom is 0.221 e. The number of hydrogen-bond donors (Lipinski definition) is 1. The summed E-state index contributed by atoms with van der Waals surface area (Å²) in [6, 6.07) is 8.00. The summed E-state index contributed by atoms with van der Waals surface area (Å²) in [7, 11) is 0. The van der Waals surface area contributed by atoms with Crippen LogP contribution in [0.4, 0.5) is 5.69 Å². The molecule has 0 bridgehead atoms. The van der Waals surface area contributed by atoms with E-state index in [2.05, 4.69) is 53.3 Å². The van der Waals surface area contributed by atoms with Gasteiger partial charge in [-0.15, -0.1) is 10.2 Å². The number of anilines is 1. The first-order valence-electron chi connectivity index (χ1n) is 8.74. The van der Waals surface area contributed by atoms with Crippen LogP contribution in [0.3, 0.4) is 0 Å². The number of benzene rings is 1. The van der Waals surface area contributed by atoms with Crippen LogP contribution in [0.15, 0.2) is 28.7 Å². The first kappa shape index (κ1) is 17.6. The van der Waals surface area contributed by atoms with Gasteiger partial charge in [0.25, 0.3) is 0 Å². The Balaban J connectivity index is 1.58. The maximum absolute atomic E-state index is 11.1. The van der Waals surface area contributed by atoms with E-state index in [0.717, 1.165) is 37.6 Å². The van der Waals surface area contributed by atoms with E-state index in [-0.39, 0.29) is 11.3 Å². The molecule has 3 rings (SSSR count). The van der Waals surface area contributed by atoms with E-state index >= 15 is 0 Å². The van der Waals surface area contributed by atoms with Crippen LogP contribution in [-0.2, 0) is 16.8 Å². The number of carbonyl (C=O) groups is 1. The summed E-state index contributed by atoms with van der Waals surface area (Å²) in [6.45, 7) is 10.6. The Morgan fingerprint density at radius 1 is 1.28 bits per heavy atom. The van der Waals surface area contributed by atoms with E-state index in [4.69, 9.17) is 4.42 Å². The fourth-order valence-electron chi connectivity index (χ4n) is 3.04. The second-order valence-corrected chi connectivity index (χ2v) is 7.79. The summed E-state index contributed by atoms with van der Waals surface area (Å²) in [5, 5.41) is 11.3. The minimum Gasteiger partial charge on any atom is -0.424 e. The highest BCUT2D eigenvalue weighted by atomic mass is 16.4. The average Bonchev–Trinajstić information content (AvgIpc) is 3.17. The van der Waals surface area contributed by atoms with E-state index < -0.39 is 0 Å². The Morgan fingerprint density at radius 3 is 2.60 bits per heavy atom. The highest BCUT2D eigenvalue weighted by Crippen LogP contribution is 2.30. The fraction of sp³-hybridized carbons (Fsp3) is 0.526. The molecule has 1 aliphatic heterocycles. The third-order valence-electron chi connectivity index (χ3n) is 4.38. The smallest absolute Gasteiger partial charge is 0.221 e. The van der Waals surface area contributed by atoms with Crippen LogP contribution in [0.2, 0.25) is 0 Å². The largest absolute Gasteiger partial charge is 0.424 e. The van der Waals surface area contributed by atoms with Crippen molar-refractivity contribution in [3.8, 4) is 0 Å². The lowest BCUT2D eigenvalue weighted by molar-refractivity contribution is -0.114. The highest BCUT2D eigenvalue weighted by Gasteiger charge is 2.30. The summed E-state index contributed by atoms with van der Waals surface area (Å²) in [4.78, 5) is 13.5. The molecule has 0 aliphatic carbocycles. The molecule has 1 amide bonds. The lowest BCUT2D eigenvalue weighted by atomic mass is 9.97. The van der Waals surface area contributed by atoms with Gasteiger partial charge in [-0.25, -0.2) is 0 Å². The Bertz CT molecular complexity index is 731. The van der Waals surface area contributed by atoms with Crippen molar-refractivity contribution in [1.82, 2.24) is 15.1 Å². The van der Waals surface area contributed by atoms with Gasteiger partial charge in [-0.1, -0.05) is 32.9 Å². The number of likely N-dealkylation sites (tertiary alicyclic amines) is 1. The number of amides is 1. The summed E-state index contributed by atoms with van der Waals surface area (Å²) >= 11 is 0. The first-order valence-corrected chi connectivity index (χ1v) is 8.74. The van der Waals surface area contributed by atoms with Crippen molar-refractivity contribution in [1.29, 1.82) is 0 Å². The fourth-order valence-corrected chi connectivity index (χ4v) is 3.04. The Kier molecular flexibility index (Phi) is 4.90. The molecule has 1 N–H and O–H groups in total. The first-order chi connectivity index (χ1) is 11.8. The lowest BCUT2D eigenvalue weighted by Crippen LogP contribution is -2.19. The third-order valence-corrected chi connectivity index (χ3v) is 4.38. The quantitative estimate of drug-likeness (QED) is 0.923. The van der Waals surface area contributed by atoms with Crippen LogP contribution in [0, 0.1) is 0 Å². The normalized spacial score (nSPS) is 18.5. The van der Waals surface area contributed by atoms with Crippen molar-refractivity contribution in [3.63, 3.8) is 0 Å². The van der Waals surface area contributed by atoms with Gasteiger partial charge in [-0.2, -0.15) is 0 Å². The van der Waals surface area contributed by atoms with Crippen molar-refractivity contribution in [2.24, 2.45) is 0 Å². The summed E-state index contributed by atoms with van der Waals surface area (Å²) in [5.41, 5.74) is 1.95. The zero-order chi connectivity index (χ0) is 18.0. The van der Waals surface area contributed by atoms with Crippen molar-refractivity contribution < 1.29 is 9.21 Å². The van der Waals surface area contributed by atoms with Crippen molar-refractivity contribution in [3.05, 3.63) is 41.6 Å². The molecule has 1 fully saturated rings.